The lowest BCUT2D eigenvalue weighted by molar-refractivity contribution is -0.143. The zero-order valence-corrected chi connectivity index (χ0v) is 22.0. The van der Waals surface area contributed by atoms with Crippen LogP contribution in [-0.2, 0) is 19.6 Å². The number of carbonyl (C=O) groups is 2. The molecule has 1 N–H and O–H groups in total. The molecule has 3 aliphatic rings. The Morgan fingerprint density at radius 2 is 1.83 bits per heavy atom. The maximum Gasteiger partial charge on any atom is 0.250 e. The smallest absolute Gasteiger partial charge is 0.250 e. The van der Waals surface area contributed by atoms with Gasteiger partial charge in [-0.3, -0.25) is 9.59 Å². The number of fused-ring (bicyclic) bond motifs is 1. The van der Waals surface area contributed by atoms with Crippen LogP contribution in [0.5, 0.6) is 0 Å². The first kappa shape index (κ1) is 25.0. The van der Waals surface area contributed by atoms with Gasteiger partial charge in [0.1, 0.15) is 10.3 Å². The van der Waals surface area contributed by atoms with Gasteiger partial charge in [0, 0.05) is 35.4 Å². The van der Waals surface area contributed by atoms with Gasteiger partial charge >= 0.3 is 0 Å². The zero-order valence-electron chi connectivity index (χ0n) is 19.6. The summed E-state index contributed by atoms with van der Waals surface area (Å²) in [6.07, 6.45) is 5.48. The number of thiophene rings is 1. The van der Waals surface area contributed by atoms with E-state index in [1.54, 1.807) is 24.3 Å². The third-order valence-electron chi connectivity index (χ3n) is 7.24. The fourth-order valence-electron chi connectivity index (χ4n) is 5.44. The highest BCUT2D eigenvalue weighted by Gasteiger charge is 2.36. The van der Waals surface area contributed by atoms with Crippen molar-refractivity contribution in [1.29, 1.82) is 0 Å². The molecule has 2 amide bonds. The highest BCUT2D eigenvalue weighted by Crippen LogP contribution is 2.31. The van der Waals surface area contributed by atoms with Crippen molar-refractivity contribution >= 4 is 54.9 Å². The number of likely N-dealkylation sites (tertiary alicyclic amines) is 3. The van der Waals surface area contributed by atoms with Crippen LogP contribution in [0.2, 0.25) is 5.02 Å². The van der Waals surface area contributed by atoms with Crippen molar-refractivity contribution in [1.82, 2.24) is 19.4 Å². The van der Waals surface area contributed by atoms with Gasteiger partial charge in [-0.2, -0.15) is 4.72 Å². The van der Waals surface area contributed by atoms with E-state index in [0.717, 1.165) is 60.4 Å². The number of nitrogens with zero attached hydrogens (tertiary/aromatic N) is 3. The number of rotatable bonds is 7. The van der Waals surface area contributed by atoms with E-state index < -0.39 is 16.1 Å². The topological polar surface area (TPSA) is 90.0 Å². The molecule has 0 saturated carbocycles. The summed E-state index contributed by atoms with van der Waals surface area (Å²) in [5, 5.41) is 1.33. The Morgan fingerprint density at radius 1 is 1.06 bits per heavy atom. The lowest BCUT2D eigenvalue weighted by Gasteiger charge is -2.34. The van der Waals surface area contributed by atoms with Gasteiger partial charge in [-0.25, -0.2) is 8.42 Å². The van der Waals surface area contributed by atoms with Gasteiger partial charge in [-0.1, -0.05) is 17.7 Å². The SMILES string of the molecule is O=C1[C@H](NS(=O)(=O)c2cc3ccc(Cl)cc3s2)CCCN1CC(=O)N1CCC[C@H]1CN1CCCC1. The van der Waals surface area contributed by atoms with E-state index in [1.807, 2.05) is 4.90 Å². The van der Waals surface area contributed by atoms with E-state index in [-0.39, 0.29) is 28.6 Å². The number of amides is 2. The minimum absolute atomic E-state index is 0.00888. The van der Waals surface area contributed by atoms with E-state index >= 15 is 0 Å². The predicted molar refractivity (Wildman–Crippen MR) is 137 cm³/mol. The first-order valence-corrected chi connectivity index (χ1v) is 15.0. The normalized spacial score (nSPS) is 24.1. The van der Waals surface area contributed by atoms with Crippen molar-refractivity contribution in [3.63, 3.8) is 0 Å². The van der Waals surface area contributed by atoms with Gasteiger partial charge in [-0.05, 0) is 75.2 Å². The molecule has 2 atom stereocenters. The molecule has 3 saturated heterocycles. The first-order valence-electron chi connectivity index (χ1n) is 12.3. The van der Waals surface area contributed by atoms with Crippen molar-refractivity contribution in [2.45, 2.75) is 54.8 Å². The fraction of sp³-hybridized carbons (Fsp3) is 0.583. The third-order valence-corrected chi connectivity index (χ3v) is 10.5. The molecule has 3 fully saturated rings. The Balaban J connectivity index is 1.22. The lowest BCUT2D eigenvalue weighted by atomic mass is 10.1. The van der Waals surface area contributed by atoms with Crippen LogP contribution >= 0.6 is 22.9 Å². The first-order chi connectivity index (χ1) is 16.8. The summed E-state index contributed by atoms with van der Waals surface area (Å²) in [6.45, 7) is 4.30. The molecule has 0 bridgehead atoms. The minimum Gasteiger partial charge on any atom is -0.337 e. The van der Waals surface area contributed by atoms with Crippen LogP contribution in [0.25, 0.3) is 10.1 Å². The number of hydrogen-bond acceptors (Lipinski definition) is 6. The summed E-state index contributed by atoms with van der Waals surface area (Å²) in [7, 11) is -3.88. The monoisotopic (exact) mass is 538 g/mol. The number of sulfonamides is 1. The van der Waals surface area contributed by atoms with E-state index in [4.69, 9.17) is 11.6 Å². The van der Waals surface area contributed by atoms with Crippen LogP contribution in [-0.4, -0.2) is 86.3 Å². The number of halogens is 1. The number of nitrogens with one attached hydrogen (secondary N) is 1. The highest BCUT2D eigenvalue weighted by molar-refractivity contribution is 7.91. The Hall–Kier alpha value is -1.72. The van der Waals surface area contributed by atoms with Gasteiger partial charge in [-0.15, -0.1) is 11.3 Å². The maximum absolute atomic E-state index is 13.2. The molecular formula is C24H31ClN4O4S2. The Kier molecular flexibility index (Phi) is 7.37. The predicted octanol–water partition coefficient (Wildman–Crippen LogP) is 2.91. The fourth-order valence-corrected chi connectivity index (χ4v) is 8.35. The molecule has 0 spiro atoms. The summed E-state index contributed by atoms with van der Waals surface area (Å²) >= 11 is 7.16. The molecule has 0 aliphatic carbocycles. The van der Waals surface area contributed by atoms with Gasteiger partial charge in [0.2, 0.25) is 11.8 Å². The summed E-state index contributed by atoms with van der Waals surface area (Å²) in [5.41, 5.74) is 0. The second kappa shape index (κ2) is 10.3. The molecular weight excluding hydrogens is 508 g/mol. The summed E-state index contributed by atoms with van der Waals surface area (Å²) < 4.78 is 29.6. The third kappa shape index (κ3) is 5.51. The quantitative estimate of drug-likeness (QED) is 0.585. The van der Waals surface area contributed by atoms with Gasteiger partial charge in [0.05, 0.1) is 6.54 Å². The molecule has 5 rings (SSSR count). The van der Waals surface area contributed by atoms with Crippen LogP contribution in [0, 0.1) is 0 Å². The van der Waals surface area contributed by atoms with Crippen molar-refractivity contribution in [2.24, 2.45) is 0 Å². The summed E-state index contributed by atoms with van der Waals surface area (Å²) in [5.74, 6) is -0.363. The number of hydrogen-bond donors (Lipinski definition) is 1. The highest BCUT2D eigenvalue weighted by atomic mass is 35.5. The van der Waals surface area contributed by atoms with E-state index in [2.05, 4.69) is 9.62 Å². The molecule has 1 aromatic carbocycles. The van der Waals surface area contributed by atoms with Crippen LogP contribution < -0.4 is 4.72 Å². The number of benzene rings is 1. The van der Waals surface area contributed by atoms with Crippen LogP contribution in [0.4, 0.5) is 0 Å². The Bertz CT molecular complexity index is 1210. The maximum atomic E-state index is 13.2. The van der Waals surface area contributed by atoms with Gasteiger partial charge in [0.25, 0.3) is 10.0 Å². The molecule has 4 heterocycles. The number of piperidine rings is 1. The molecule has 1 aromatic heterocycles. The Morgan fingerprint density at radius 3 is 2.63 bits per heavy atom. The van der Waals surface area contributed by atoms with E-state index in [9.17, 15) is 18.0 Å². The molecule has 8 nitrogen and oxygen atoms in total. The largest absolute Gasteiger partial charge is 0.337 e. The molecule has 35 heavy (non-hydrogen) atoms. The second-order valence-electron chi connectivity index (χ2n) is 9.71. The molecule has 3 aliphatic heterocycles. The van der Waals surface area contributed by atoms with Gasteiger partial charge in [0.15, 0.2) is 0 Å². The van der Waals surface area contributed by atoms with Crippen molar-refractivity contribution in [3.05, 3.63) is 29.3 Å². The van der Waals surface area contributed by atoms with E-state index in [1.165, 1.54) is 17.7 Å². The molecule has 11 heteroatoms. The average Bonchev–Trinajstić information content (AvgIpc) is 3.57. The molecule has 0 unspecified atom stereocenters. The van der Waals surface area contributed by atoms with Crippen LogP contribution in [0.15, 0.2) is 28.5 Å². The molecule has 190 valence electrons. The second-order valence-corrected chi connectivity index (χ2v) is 13.2. The zero-order chi connectivity index (χ0) is 24.6. The van der Waals surface area contributed by atoms with Crippen molar-refractivity contribution < 1.29 is 18.0 Å². The average molecular weight is 539 g/mol. The minimum atomic E-state index is -3.88. The summed E-state index contributed by atoms with van der Waals surface area (Å²) in [4.78, 5) is 32.2. The van der Waals surface area contributed by atoms with Crippen molar-refractivity contribution in [2.75, 3.05) is 39.3 Å². The van der Waals surface area contributed by atoms with Gasteiger partial charge < -0.3 is 14.7 Å². The van der Waals surface area contributed by atoms with Crippen LogP contribution in [0.1, 0.15) is 38.5 Å². The Labute approximate surface area is 215 Å². The molecule has 2 aromatic rings. The van der Waals surface area contributed by atoms with Crippen LogP contribution in [0.3, 0.4) is 0 Å². The number of carbonyl (C=O) groups excluding carboxylic acids is 2. The molecule has 0 radical (unpaired) electrons. The lowest BCUT2D eigenvalue weighted by Crippen LogP contribution is -2.55. The standard InChI is InChI=1S/C24H31ClN4O4S2/c25-18-8-7-17-13-23(34-21(17)14-18)35(32,33)26-20-6-4-11-28(24(20)31)16-22(30)29-12-3-5-19(29)15-27-9-1-2-10-27/h7-8,13-14,19-20,26H,1-6,9-12,15-16H2/t19-,20+/m0/s1. The van der Waals surface area contributed by atoms with E-state index in [0.29, 0.717) is 24.4 Å². The summed E-state index contributed by atoms with van der Waals surface area (Å²) in [6, 6.07) is 6.17. The van der Waals surface area contributed by atoms with Crippen molar-refractivity contribution in [3.8, 4) is 0 Å².